The molecule has 9 heteroatoms. The normalized spacial score (nSPS) is 15.1. The second-order valence-corrected chi connectivity index (χ2v) is 4.63. The van der Waals surface area contributed by atoms with Gasteiger partial charge in [-0.25, -0.2) is 19.3 Å². The number of imidazole rings is 1. The molecule has 0 aliphatic carbocycles. The predicted molar refractivity (Wildman–Crippen MR) is 75.2 cm³/mol. The molecule has 0 unspecified atom stereocenters. The minimum Gasteiger partial charge on any atom is -0.393 e. The first kappa shape index (κ1) is 17.2. The Kier molecular flexibility index (Phi) is 5.94. The number of alkyl halides is 1. The number of aromatic nitrogens is 4. The molecule has 0 spiro atoms. The first-order valence-electron chi connectivity index (χ1n) is 6.17. The molecule has 0 fully saturated rings. The fourth-order valence-corrected chi connectivity index (χ4v) is 1.43. The van der Waals surface area contributed by atoms with Gasteiger partial charge >= 0.3 is 0 Å². The maximum Gasteiger partial charge on any atom is 0.165 e. The average molecular weight is 301 g/mol. The van der Waals surface area contributed by atoms with Gasteiger partial charge in [0.1, 0.15) is 30.2 Å². The maximum absolute atomic E-state index is 11.8. The summed E-state index contributed by atoms with van der Waals surface area (Å²) in [6, 6.07) is 0. The van der Waals surface area contributed by atoms with E-state index in [0.29, 0.717) is 11.3 Å². The van der Waals surface area contributed by atoms with Crippen LogP contribution in [0.2, 0.25) is 0 Å². The lowest BCUT2D eigenvalue weighted by Gasteiger charge is -2.29. The number of aliphatic hydroxyl groups excluding tert-OH is 2. The molecule has 2 atom stereocenters. The highest BCUT2D eigenvalue weighted by atomic mass is 19.1. The van der Waals surface area contributed by atoms with Crippen LogP contribution < -0.4 is 5.73 Å². The van der Waals surface area contributed by atoms with Crippen molar-refractivity contribution in [3.63, 3.8) is 0 Å². The van der Waals surface area contributed by atoms with Crippen molar-refractivity contribution in [1.82, 2.24) is 19.5 Å². The van der Waals surface area contributed by atoms with Crippen LogP contribution in [-0.4, -0.2) is 61.8 Å². The van der Waals surface area contributed by atoms with Gasteiger partial charge in [0.05, 0.1) is 12.9 Å². The Morgan fingerprint density at radius 1 is 1.48 bits per heavy atom. The minimum absolute atomic E-state index is 0.394. The summed E-state index contributed by atoms with van der Waals surface area (Å²) < 4.78 is 18.3. The zero-order chi connectivity index (χ0) is 16.0. The summed E-state index contributed by atoms with van der Waals surface area (Å²) in [5.41, 5.74) is 5.79. The molecule has 8 nitrogen and oxygen atoms in total. The van der Waals surface area contributed by atoms with E-state index in [4.69, 9.17) is 20.7 Å². The molecule has 0 aliphatic heterocycles. The van der Waals surface area contributed by atoms with Gasteiger partial charge in [-0.2, -0.15) is 0 Å². The molecule has 0 aromatic carbocycles. The number of ether oxygens (including phenoxy) is 1. The zero-order valence-electron chi connectivity index (χ0n) is 12.2. The quantitative estimate of drug-likeness (QED) is 0.706. The topological polar surface area (TPSA) is 119 Å². The number of rotatable bonds is 4. The monoisotopic (exact) mass is 301 g/mol. The Balaban J connectivity index is 0.000000212. The van der Waals surface area contributed by atoms with Crippen molar-refractivity contribution in [3.8, 4) is 0 Å². The van der Waals surface area contributed by atoms with E-state index in [1.807, 2.05) is 7.05 Å². The molecule has 2 aromatic heterocycles. The number of halogens is 1. The first-order valence-corrected chi connectivity index (χ1v) is 6.17. The molecule has 0 aliphatic rings. The molecule has 118 valence electrons. The van der Waals surface area contributed by atoms with E-state index in [9.17, 15) is 4.39 Å². The SMILES string of the molecule is CO[C@](C)(CO)[C@@H](O)CF.Cn1cnc2c(N)ncnc21. The van der Waals surface area contributed by atoms with Gasteiger partial charge < -0.3 is 25.3 Å². The first-order chi connectivity index (χ1) is 9.89. The Morgan fingerprint density at radius 2 is 2.14 bits per heavy atom. The fourth-order valence-electron chi connectivity index (χ4n) is 1.43. The number of anilines is 1. The fraction of sp³-hybridized carbons (Fsp3) is 0.583. The van der Waals surface area contributed by atoms with Crippen LogP contribution in [-0.2, 0) is 11.8 Å². The number of fused-ring (bicyclic) bond motifs is 1. The molecule has 0 bridgehead atoms. The Bertz CT molecular complexity index is 573. The Labute approximate surface area is 121 Å². The second kappa shape index (κ2) is 7.25. The smallest absolute Gasteiger partial charge is 0.165 e. The molecule has 2 heterocycles. The van der Waals surface area contributed by atoms with Crippen LogP contribution >= 0.6 is 0 Å². The lowest BCUT2D eigenvalue weighted by atomic mass is 10.0. The van der Waals surface area contributed by atoms with Crippen molar-refractivity contribution in [3.05, 3.63) is 12.7 Å². The van der Waals surface area contributed by atoms with Gasteiger partial charge in [0.2, 0.25) is 0 Å². The third-order valence-electron chi connectivity index (χ3n) is 3.16. The summed E-state index contributed by atoms with van der Waals surface area (Å²) in [6.45, 7) is 0.136. The lowest BCUT2D eigenvalue weighted by Crippen LogP contribution is -2.45. The van der Waals surface area contributed by atoms with Crippen molar-refractivity contribution in [2.75, 3.05) is 26.1 Å². The van der Waals surface area contributed by atoms with E-state index in [0.717, 1.165) is 5.65 Å². The highest BCUT2D eigenvalue weighted by Crippen LogP contribution is 2.14. The van der Waals surface area contributed by atoms with E-state index in [-0.39, 0.29) is 0 Å². The summed E-state index contributed by atoms with van der Waals surface area (Å²) >= 11 is 0. The number of nitrogen functional groups attached to an aromatic ring is 1. The summed E-state index contributed by atoms with van der Waals surface area (Å²) in [6.07, 6.45) is 1.83. The van der Waals surface area contributed by atoms with Gasteiger partial charge in [-0.05, 0) is 6.92 Å². The average Bonchev–Trinajstić information content (AvgIpc) is 2.89. The van der Waals surface area contributed by atoms with E-state index in [1.165, 1.54) is 20.4 Å². The van der Waals surface area contributed by atoms with Crippen molar-refractivity contribution in [1.29, 1.82) is 0 Å². The highest BCUT2D eigenvalue weighted by molar-refractivity contribution is 5.80. The standard InChI is InChI=1S/C6H13FO3.C6H7N5/c1-6(4-8,10-2)5(9)3-7;1-11-3-10-4-5(7)8-2-9-6(4)11/h5,8-9H,3-4H2,1-2H3;2-3H,1H3,(H2,7,8,9)/t5-,6+;/m0./s1. The lowest BCUT2D eigenvalue weighted by molar-refractivity contribution is -0.122. The Morgan fingerprint density at radius 3 is 2.57 bits per heavy atom. The number of hydrogen-bond acceptors (Lipinski definition) is 7. The van der Waals surface area contributed by atoms with Gasteiger partial charge in [0.25, 0.3) is 0 Å². The predicted octanol–water partition coefficient (Wildman–Crippen LogP) is -0.340. The van der Waals surface area contributed by atoms with Gasteiger partial charge in [-0.15, -0.1) is 0 Å². The third-order valence-corrected chi connectivity index (χ3v) is 3.16. The number of nitrogens with two attached hydrogens (primary N) is 1. The number of nitrogens with zero attached hydrogens (tertiary/aromatic N) is 4. The molecule has 2 aromatic rings. The van der Waals surface area contributed by atoms with Crippen LogP contribution in [0.1, 0.15) is 6.92 Å². The summed E-state index contributed by atoms with van der Waals surface area (Å²) in [4.78, 5) is 11.9. The number of hydrogen-bond donors (Lipinski definition) is 3. The molecule has 0 amide bonds. The molecule has 2 rings (SSSR count). The van der Waals surface area contributed by atoms with Crippen LogP contribution in [0.5, 0.6) is 0 Å². The second-order valence-electron chi connectivity index (χ2n) is 4.63. The summed E-state index contributed by atoms with van der Waals surface area (Å²) in [7, 11) is 3.18. The largest absolute Gasteiger partial charge is 0.393 e. The molecule has 4 N–H and O–H groups in total. The van der Waals surface area contributed by atoms with Crippen LogP contribution in [0.25, 0.3) is 11.2 Å². The van der Waals surface area contributed by atoms with E-state index in [1.54, 1.807) is 10.9 Å². The van der Waals surface area contributed by atoms with Crippen molar-refractivity contribution >= 4 is 17.0 Å². The molecular weight excluding hydrogens is 281 g/mol. The van der Waals surface area contributed by atoms with Crippen LogP contribution in [0.15, 0.2) is 12.7 Å². The maximum atomic E-state index is 11.8. The van der Waals surface area contributed by atoms with Gasteiger partial charge in [0, 0.05) is 14.2 Å². The number of aryl methyl sites for hydroxylation is 1. The number of methoxy groups -OCH3 is 1. The molecule has 0 radical (unpaired) electrons. The highest BCUT2D eigenvalue weighted by Gasteiger charge is 2.32. The van der Waals surface area contributed by atoms with Crippen molar-refractivity contribution in [2.45, 2.75) is 18.6 Å². The van der Waals surface area contributed by atoms with E-state index in [2.05, 4.69) is 15.0 Å². The molecular formula is C12H20FN5O3. The molecule has 0 saturated heterocycles. The Hall–Kier alpha value is -1.84. The van der Waals surface area contributed by atoms with Gasteiger partial charge in [-0.1, -0.05) is 0 Å². The molecule has 0 saturated carbocycles. The molecule has 21 heavy (non-hydrogen) atoms. The summed E-state index contributed by atoms with van der Waals surface area (Å²) in [5.74, 6) is 0.426. The zero-order valence-corrected chi connectivity index (χ0v) is 12.2. The van der Waals surface area contributed by atoms with Crippen LogP contribution in [0.4, 0.5) is 10.2 Å². The van der Waals surface area contributed by atoms with E-state index >= 15 is 0 Å². The van der Waals surface area contributed by atoms with Gasteiger partial charge in [0.15, 0.2) is 11.5 Å². The third kappa shape index (κ3) is 3.84. The van der Waals surface area contributed by atoms with Crippen molar-refractivity contribution < 1.29 is 19.3 Å². The van der Waals surface area contributed by atoms with Gasteiger partial charge in [-0.3, -0.25) is 0 Å². The van der Waals surface area contributed by atoms with Crippen molar-refractivity contribution in [2.24, 2.45) is 7.05 Å². The van der Waals surface area contributed by atoms with E-state index < -0.39 is 25.0 Å². The summed E-state index contributed by atoms with van der Waals surface area (Å²) in [5, 5.41) is 17.6. The minimum atomic E-state index is -1.26. The number of aliphatic hydroxyl groups is 2. The van der Waals surface area contributed by atoms with Crippen LogP contribution in [0.3, 0.4) is 0 Å². The van der Waals surface area contributed by atoms with Crippen LogP contribution in [0, 0.1) is 0 Å².